The predicted molar refractivity (Wildman–Crippen MR) is 114 cm³/mol. The average molecular weight is 393 g/mol. The van der Waals surface area contributed by atoms with Gasteiger partial charge in [-0.3, -0.25) is 0 Å². The first-order valence-corrected chi connectivity index (χ1v) is 11.1. The summed E-state index contributed by atoms with van der Waals surface area (Å²) in [4.78, 5) is 12.2. The zero-order valence-corrected chi connectivity index (χ0v) is 17.4. The number of nitrogens with one attached hydrogen (secondary N) is 1. The summed E-state index contributed by atoms with van der Waals surface area (Å²) in [5, 5.41) is 3.32. The molecule has 0 radical (unpaired) electrons. The monoisotopic (exact) mass is 392 g/mol. The number of unbranched alkanes of at least 4 members (excludes halogenated alkanes) is 7. The van der Waals surface area contributed by atoms with Crippen LogP contribution in [0.3, 0.4) is 0 Å². The zero-order chi connectivity index (χ0) is 20.2. The molecule has 1 fully saturated rings. The van der Waals surface area contributed by atoms with Crippen molar-refractivity contribution in [3.63, 3.8) is 0 Å². The third-order valence-corrected chi connectivity index (χ3v) is 5.55. The molecule has 0 atom stereocenters. The van der Waals surface area contributed by atoms with Crippen LogP contribution in [-0.4, -0.2) is 18.6 Å². The van der Waals surface area contributed by atoms with Gasteiger partial charge < -0.3 is 15.8 Å². The van der Waals surface area contributed by atoms with Crippen molar-refractivity contribution in [2.45, 2.75) is 96.4 Å². The van der Waals surface area contributed by atoms with Crippen LogP contribution in [0.25, 0.3) is 0 Å². The topological polar surface area (TPSA) is 64.3 Å². The smallest absolute Gasteiger partial charge is 0.341 e. The second-order valence-corrected chi connectivity index (χ2v) is 8.01. The fourth-order valence-corrected chi connectivity index (χ4v) is 3.82. The summed E-state index contributed by atoms with van der Waals surface area (Å²) in [6.45, 7) is 2.54. The van der Waals surface area contributed by atoms with Gasteiger partial charge in [-0.15, -0.1) is 0 Å². The third kappa shape index (κ3) is 7.69. The van der Waals surface area contributed by atoms with E-state index < -0.39 is 11.8 Å². The van der Waals surface area contributed by atoms with E-state index in [0.717, 1.165) is 32.1 Å². The van der Waals surface area contributed by atoms with Gasteiger partial charge in [-0.05, 0) is 31.4 Å². The molecule has 1 aromatic rings. The van der Waals surface area contributed by atoms with Crippen molar-refractivity contribution < 1.29 is 13.9 Å². The number of halogens is 1. The van der Waals surface area contributed by atoms with Crippen LogP contribution in [0.2, 0.25) is 0 Å². The Hall–Kier alpha value is -1.78. The second-order valence-electron chi connectivity index (χ2n) is 8.01. The molecule has 28 heavy (non-hydrogen) atoms. The van der Waals surface area contributed by atoms with E-state index in [1.54, 1.807) is 0 Å². The van der Waals surface area contributed by atoms with Crippen molar-refractivity contribution in [2.75, 3.05) is 17.7 Å². The molecule has 0 aliphatic heterocycles. The minimum atomic E-state index is -0.628. The highest BCUT2D eigenvalue weighted by molar-refractivity contribution is 5.92. The van der Waals surface area contributed by atoms with Crippen LogP contribution in [0.1, 0.15) is 101 Å². The molecule has 4 nitrogen and oxygen atoms in total. The molecule has 0 aromatic heterocycles. The van der Waals surface area contributed by atoms with Crippen LogP contribution in [0.5, 0.6) is 0 Å². The summed E-state index contributed by atoms with van der Waals surface area (Å²) in [5.41, 5.74) is 6.94. The molecule has 5 heteroatoms. The van der Waals surface area contributed by atoms with E-state index in [0.29, 0.717) is 24.0 Å². The Labute approximate surface area is 169 Å². The normalized spacial score (nSPS) is 14.8. The van der Waals surface area contributed by atoms with Gasteiger partial charge in [0.05, 0.1) is 23.5 Å². The van der Waals surface area contributed by atoms with Gasteiger partial charge in [-0.2, -0.15) is 0 Å². The van der Waals surface area contributed by atoms with E-state index in [9.17, 15) is 9.18 Å². The number of hydrogen-bond acceptors (Lipinski definition) is 4. The van der Waals surface area contributed by atoms with Crippen molar-refractivity contribution in [3.05, 3.63) is 23.5 Å². The fraction of sp³-hybridized carbons (Fsp3) is 0.696. The number of ether oxygens (including phenoxy) is 1. The van der Waals surface area contributed by atoms with Gasteiger partial charge in [0.1, 0.15) is 5.82 Å². The first-order chi connectivity index (χ1) is 13.6. The van der Waals surface area contributed by atoms with Crippen molar-refractivity contribution >= 4 is 17.3 Å². The van der Waals surface area contributed by atoms with Gasteiger partial charge in [0.25, 0.3) is 0 Å². The predicted octanol–water partition coefficient (Wildman–Crippen LogP) is 6.45. The summed E-state index contributed by atoms with van der Waals surface area (Å²) in [7, 11) is 0. The van der Waals surface area contributed by atoms with E-state index in [-0.39, 0.29) is 5.56 Å². The highest BCUT2D eigenvalue weighted by atomic mass is 19.1. The lowest BCUT2D eigenvalue weighted by atomic mass is 9.95. The highest BCUT2D eigenvalue weighted by Crippen LogP contribution is 2.28. The number of esters is 1. The van der Waals surface area contributed by atoms with Crippen LogP contribution in [-0.2, 0) is 4.74 Å². The maximum Gasteiger partial charge on any atom is 0.341 e. The molecule has 0 saturated heterocycles. The van der Waals surface area contributed by atoms with E-state index in [2.05, 4.69) is 12.2 Å². The Balaban J connectivity index is 1.73. The Morgan fingerprint density at radius 1 is 1.07 bits per heavy atom. The number of anilines is 2. The molecule has 1 saturated carbocycles. The number of nitrogens with two attached hydrogens (primary N) is 1. The van der Waals surface area contributed by atoms with Crippen molar-refractivity contribution in [3.8, 4) is 0 Å². The molecule has 1 aliphatic carbocycles. The quantitative estimate of drug-likeness (QED) is 0.244. The van der Waals surface area contributed by atoms with Crippen LogP contribution in [0.4, 0.5) is 15.8 Å². The first kappa shape index (κ1) is 22.5. The zero-order valence-electron chi connectivity index (χ0n) is 17.4. The van der Waals surface area contributed by atoms with E-state index in [1.807, 2.05) is 0 Å². The number of carbonyl (C=O) groups is 1. The molecule has 2 rings (SSSR count). The summed E-state index contributed by atoms with van der Waals surface area (Å²) in [6, 6.07) is 3.06. The second kappa shape index (κ2) is 12.6. The Morgan fingerprint density at radius 3 is 2.39 bits per heavy atom. The van der Waals surface area contributed by atoms with Crippen molar-refractivity contribution in [1.29, 1.82) is 0 Å². The van der Waals surface area contributed by atoms with Gasteiger partial charge >= 0.3 is 5.97 Å². The number of rotatable bonds is 12. The molecule has 0 unspecified atom stereocenters. The van der Waals surface area contributed by atoms with Gasteiger partial charge in [-0.1, -0.05) is 71.1 Å². The lowest BCUT2D eigenvalue weighted by molar-refractivity contribution is 0.0492. The Morgan fingerprint density at radius 2 is 1.71 bits per heavy atom. The van der Waals surface area contributed by atoms with Crippen molar-refractivity contribution in [1.82, 2.24) is 0 Å². The number of nitrogen functional groups attached to an aromatic ring is 1. The number of carbonyl (C=O) groups excluding carboxylic acids is 1. The molecule has 0 bridgehead atoms. The molecule has 0 spiro atoms. The molecule has 1 aliphatic rings. The number of hydrogen-bond donors (Lipinski definition) is 2. The molecule has 3 N–H and O–H groups in total. The van der Waals surface area contributed by atoms with Crippen molar-refractivity contribution in [2.24, 2.45) is 0 Å². The first-order valence-electron chi connectivity index (χ1n) is 11.1. The van der Waals surface area contributed by atoms with Crippen LogP contribution < -0.4 is 11.1 Å². The maximum absolute atomic E-state index is 14.4. The largest absolute Gasteiger partial charge is 0.462 e. The van der Waals surface area contributed by atoms with Crippen LogP contribution in [0, 0.1) is 5.82 Å². The summed E-state index contributed by atoms with van der Waals surface area (Å²) in [6.07, 6.45) is 15.2. The third-order valence-electron chi connectivity index (χ3n) is 5.55. The average Bonchev–Trinajstić information content (AvgIpc) is 2.70. The minimum Gasteiger partial charge on any atom is -0.462 e. The van der Waals surface area contributed by atoms with E-state index >= 15 is 0 Å². The molecular weight excluding hydrogens is 355 g/mol. The van der Waals surface area contributed by atoms with Gasteiger partial charge in [-0.25, -0.2) is 9.18 Å². The molecule has 158 valence electrons. The van der Waals surface area contributed by atoms with Gasteiger partial charge in [0.15, 0.2) is 0 Å². The lowest BCUT2D eigenvalue weighted by Crippen LogP contribution is -2.23. The Bertz CT molecular complexity index is 601. The van der Waals surface area contributed by atoms with E-state index in [4.69, 9.17) is 10.5 Å². The summed E-state index contributed by atoms with van der Waals surface area (Å²) >= 11 is 0. The molecule has 0 amide bonds. The van der Waals surface area contributed by atoms with Gasteiger partial charge in [0.2, 0.25) is 0 Å². The summed E-state index contributed by atoms with van der Waals surface area (Å²) in [5.74, 6) is -1.20. The Kier molecular flexibility index (Phi) is 10.2. The minimum absolute atomic E-state index is 0.0775. The maximum atomic E-state index is 14.4. The van der Waals surface area contributed by atoms with E-state index in [1.165, 1.54) is 63.5 Å². The molecule has 0 heterocycles. The lowest BCUT2D eigenvalue weighted by Gasteiger charge is -2.24. The number of benzene rings is 1. The van der Waals surface area contributed by atoms with Crippen LogP contribution >= 0.6 is 0 Å². The SMILES string of the molecule is CCCCCCCCCCOC(=O)c1cc(N)c(NC2CCCCC2)cc1F. The standard InChI is InChI=1S/C23H37FN2O2/c1-2-3-4-5-6-7-8-12-15-28-23(27)19-16-21(25)22(17-20(19)24)26-18-13-10-9-11-14-18/h16-18,26H,2-15,25H2,1H3. The molecule has 1 aromatic carbocycles. The molecular formula is C23H37FN2O2. The van der Waals surface area contributed by atoms with Gasteiger partial charge in [0, 0.05) is 6.04 Å². The summed E-state index contributed by atoms with van der Waals surface area (Å²) < 4.78 is 19.7. The fourth-order valence-electron chi connectivity index (χ4n) is 3.82. The highest BCUT2D eigenvalue weighted by Gasteiger charge is 2.19. The van der Waals surface area contributed by atoms with Crippen LogP contribution in [0.15, 0.2) is 12.1 Å².